The third-order valence-corrected chi connectivity index (χ3v) is 2.48. The van der Waals surface area contributed by atoms with E-state index >= 15 is 0 Å². The van der Waals surface area contributed by atoms with Gasteiger partial charge < -0.3 is 20.5 Å². The van der Waals surface area contributed by atoms with Crippen LogP contribution in [-0.2, 0) is 0 Å². The lowest BCUT2D eigenvalue weighted by Crippen LogP contribution is -2.04. The monoisotopic (exact) mass is 260 g/mol. The van der Waals surface area contributed by atoms with E-state index in [1.54, 1.807) is 7.11 Å². The van der Waals surface area contributed by atoms with Gasteiger partial charge in [0, 0.05) is 5.69 Å². The zero-order valence-corrected chi connectivity index (χ0v) is 10.9. The Morgan fingerprint density at radius 2 is 1.95 bits per heavy atom. The van der Waals surface area contributed by atoms with Gasteiger partial charge in [0.15, 0.2) is 5.82 Å². The van der Waals surface area contributed by atoms with Crippen LogP contribution in [0.2, 0.25) is 0 Å². The number of hydrogen-bond donors (Lipinski definition) is 2. The Balaban J connectivity index is 2.20. The molecule has 0 atom stereocenters. The number of anilines is 3. The fraction of sp³-hybridized carbons (Fsp3) is 0.231. The summed E-state index contributed by atoms with van der Waals surface area (Å²) in [6.07, 6.45) is 1.41. The predicted octanol–water partition coefficient (Wildman–Crippen LogP) is 2.21. The molecule has 1 aromatic heterocycles. The molecule has 0 saturated heterocycles. The van der Waals surface area contributed by atoms with Crippen LogP contribution in [0.1, 0.15) is 6.92 Å². The minimum Gasteiger partial charge on any atom is -0.497 e. The number of nitrogens with zero attached hydrogens (tertiary/aromatic N) is 2. The summed E-state index contributed by atoms with van der Waals surface area (Å²) in [7, 11) is 1.62. The largest absolute Gasteiger partial charge is 0.497 e. The van der Waals surface area contributed by atoms with Crippen LogP contribution in [-0.4, -0.2) is 23.7 Å². The minimum atomic E-state index is 0.383. The number of nitrogens with two attached hydrogens (primary N) is 1. The standard InChI is InChI=1S/C13H16N4O2/c1-3-19-13-11(14)12(15-8-16-13)17-9-4-6-10(18-2)7-5-9/h4-8H,3,14H2,1-2H3,(H,15,16,17). The fourth-order valence-corrected chi connectivity index (χ4v) is 1.54. The van der Waals surface area contributed by atoms with Gasteiger partial charge in [-0.3, -0.25) is 0 Å². The number of nitrogen functional groups attached to an aromatic ring is 1. The van der Waals surface area contributed by atoms with E-state index in [-0.39, 0.29) is 0 Å². The second-order valence-corrected chi connectivity index (χ2v) is 3.73. The zero-order chi connectivity index (χ0) is 13.7. The van der Waals surface area contributed by atoms with Crippen molar-refractivity contribution in [2.75, 3.05) is 24.8 Å². The number of benzene rings is 1. The van der Waals surface area contributed by atoms with Crippen LogP contribution in [0.5, 0.6) is 11.6 Å². The van der Waals surface area contributed by atoms with E-state index in [1.165, 1.54) is 6.33 Å². The van der Waals surface area contributed by atoms with Crippen molar-refractivity contribution in [3.05, 3.63) is 30.6 Å². The number of aromatic nitrogens is 2. The second kappa shape index (κ2) is 5.90. The molecule has 0 aliphatic carbocycles. The lowest BCUT2D eigenvalue weighted by atomic mass is 10.3. The zero-order valence-electron chi connectivity index (χ0n) is 10.9. The molecule has 100 valence electrons. The van der Waals surface area contributed by atoms with Gasteiger partial charge in [0.25, 0.3) is 0 Å². The van der Waals surface area contributed by atoms with Gasteiger partial charge in [-0.2, -0.15) is 4.98 Å². The number of nitrogens with one attached hydrogen (secondary N) is 1. The number of hydrogen-bond acceptors (Lipinski definition) is 6. The number of methoxy groups -OCH3 is 1. The summed E-state index contributed by atoms with van der Waals surface area (Å²) in [4.78, 5) is 8.08. The quantitative estimate of drug-likeness (QED) is 0.857. The van der Waals surface area contributed by atoms with E-state index < -0.39 is 0 Å². The van der Waals surface area contributed by atoms with Gasteiger partial charge in [0.2, 0.25) is 5.88 Å². The molecule has 6 heteroatoms. The molecule has 6 nitrogen and oxygen atoms in total. The van der Waals surface area contributed by atoms with Gasteiger partial charge >= 0.3 is 0 Å². The first-order valence-electron chi connectivity index (χ1n) is 5.89. The molecule has 0 aliphatic heterocycles. The normalized spacial score (nSPS) is 10.0. The molecule has 1 heterocycles. The average molecular weight is 260 g/mol. The number of rotatable bonds is 5. The maximum absolute atomic E-state index is 5.94. The molecule has 2 aromatic rings. The van der Waals surface area contributed by atoms with Crippen LogP contribution < -0.4 is 20.5 Å². The molecule has 0 bridgehead atoms. The first kappa shape index (κ1) is 12.9. The van der Waals surface area contributed by atoms with E-state index in [1.807, 2.05) is 31.2 Å². The predicted molar refractivity (Wildman–Crippen MR) is 73.9 cm³/mol. The summed E-state index contributed by atoms with van der Waals surface area (Å²) >= 11 is 0. The highest BCUT2D eigenvalue weighted by Crippen LogP contribution is 2.27. The molecular formula is C13H16N4O2. The highest BCUT2D eigenvalue weighted by Gasteiger charge is 2.08. The molecule has 0 spiro atoms. The Morgan fingerprint density at radius 1 is 1.21 bits per heavy atom. The molecule has 1 aromatic carbocycles. The van der Waals surface area contributed by atoms with Gasteiger partial charge in [-0.1, -0.05) is 0 Å². The molecule has 0 fully saturated rings. The highest BCUT2D eigenvalue weighted by molar-refractivity contribution is 5.72. The van der Waals surface area contributed by atoms with Gasteiger partial charge in [-0.25, -0.2) is 4.98 Å². The summed E-state index contributed by atoms with van der Waals surface area (Å²) in [5, 5.41) is 3.11. The van der Waals surface area contributed by atoms with Crippen LogP contribution in [0.3, 0.4) is 0 Å². The third kappa shape index (κ3) is 3.04. The Morgan fingerprint density at radius 3 is 2.58 bits per heavy atom. The average Bonchev–Trinajstić information content (AvgIpc) is 2.44. The van der Waals surface area contributed by atoms with Crippen molar-refractivity contribution >= 4 is 17.2 Å². The Labute approximate surface area is 111 Å². The maximum atomic E-state index is 5.94. The smallest absolute Gasteiger partial charge is 0.242 e. The van der Waals surface area contributed by atoms with E-state index in [9.17, 15) is 0 Å². The van der Waals surface area contributed by atoms with Gasteiger partial charge in [0.05, 0.1) is 13.7 Å². The molecular weight excluding hydrogens is 244 g/mol. The SMILES string of the molecule is CCOc1ncnc(Nc2ccc(OC)cc2)c1N. The third-order valence-electron chi connectivity index (χ3n) is 2.48. The van der Waals surface area contributed by atoms with E-state index in [0.717, 1.165) is 11.4 Å². The van der Waals surface area contributed by atoms with Gasteiger partial charge in [-0.15, -0.1) is 0 Å². The van der Waals surface area contributed by atoms with Crippen molar-refractivity contribution in [1.29, 1.82) is 0 Å². The summed E-state index contributed by atoms with van der Waals surface area (Å²) < 4.78 is 10.4. The van der Waals surface area contributed by atoms with Crippen molar-refractivity contribution in [3.8, 4) is 11.6 Å². The molecule has 0 unspecified atom stereocenters. The van der Waals surface area contributed by atoms with E-state index in [2.05, 4.69) is 15.3 Å². The van der Waals surface area contributed by atoms with Crippen molar-refractivity contribution < 1.29 is 9.47 Å². The molecule has 19 heavy (non-hydrogen) atoms. The van der Waals surface area contributed by atoms with Crippen LogP contribution in [0.25, 0.3) is 0 Å². The number of ether oxygens (including phenoxy) is 2. The minimum absolute atomic E-state index is 0.383. The second-order valence-electron chi connectivity index (χ2n) is 3.73. The molecule has 2 rings (SSSR count). The molecule has 0 radical (unpaired) electrons. The Bertz CT molecular complexity index is 543. The van der Waals surface area contributed by atoms with E-state index in [0.29, 0.717) is 24.0 Å². The molecule has 0 amide bonds. The Kier molecular flexibility index (Phi) is 4.02. The highest BCUT2D eigenvalue weighted by atomic mass is 16.5. The summed E-state index contributed by atoms with van der Waals surface area (Å²) in [6.45, 7) is 2.38. The van der Waals surface area contributed by atoms with Crippen molar-refractivity contribution in [2.45, 2.75) is 6.92 Å². The summed E-state index contributed by atoms with van der Waals surface area (Å²) in [6, 6.07) is 7.45. The maximum Gasteiger partial charge on any atom is 0.242 e. The lowest BCUT2D eigenvalue weighted by molar-refractivity contribution is 0.328. The molecule has 3 N–H and O–H groups in total. The fourth-order valence-electron chi connectivity index (χ4n) is 1.54. The van der Waals surface area contributed by atoms with Gasteiger partial charge in [0.1, 0.15) is 17.8 Å². The van der Waals surface area contributed by atoms with Crippen LogP contribution in [0.15, 0.2) is 30.6 Å². The Hall–Kier alpha value is -2.50. The van der Waals surface area contributed by atoms with Crippen molar-refractivity contribution in [3.63, 3.8) is 0 Å². The lowest BCUT2D eigenvalue weighted by Gasteiger charge is -2.11. The summed E-state index contributed by atoms with van der Waals surface area (Å²) in [5.74, 6) is 1.69. The van der Waals surface area contributed by atoms with E-state index in [4.69, 9.17) is 15.2 Å². The topological polar surface area (TPSA) is 82.3 Å². The van der Waals surface area contributed by atoms with Crippen LogP contribution >= 0.6 is 0 Å². The summed E-state index contributed by atoms with van der Waals surface area (Å²) in [5.41, 5.74) is 7.18. The first-order chi connectivity index (χ1) is 9.24. The first-order valence-corrected chi connectivity index (χ1v) is 5.89. The molecule has 0 aliphatic rings. The van der Waals surface area contributed by atoms with Crippen LogP contribution in [0, 0.1) is 0 Å². The molecule has 0 saturated carbocycles. The van der Waals surface area contributed by atoms with Gasteiger partial charge in [-0.05, 0) is 31.2 Å². The van der Waals surface area contributed by atoms with Crippen molar-refractivity contribution in [1.82, 2.24) is 9.97 Å². The van der Waals surface area contributed by atoms with Crippen LogP contribution in [0.4, 0.5) is 17.2 Å². The van der Waals surface area contributed by atoms with Crippen molar-refractivity contribution in [2.24, 2.45) is 0 Å².